The van der Waals surface area contributed by atoms with Gasteiger partial charge in [-0.3, -0.25) is 0 Å². The second-order valence-electron chi connectivity index (χ2n) is 4.57. The van der Waals surface area contributed by atoms with E-state index in [4.69, 9.17) is 5.73 Å². The Labute approximate surface area is 123 Å². The van der Waals surface area contributed by atoms with Gasteiger partial charge in [0.15, 0.2) is 0 Å². The van der Waals surface area contributed by atoms with E-state index >= 15 is 0 Å². The molecule has 0 unspecified atom stereocenters. The molecule has 0 amide bonds. The van der Waals surface area contributed by atoms with Gasteiger partial charge in [-0.1, -0.05) is 6.07 Å². The monoisotopic (exact) mass is 309 g/mol. The summed E-state index contributed by atoms with van der Waals surface area (Å²) in [4.78, 5) is -0.0136. The lowest BCUT2D eigenvalue weighted by molar-refractivity contribution is 0.588. The highest BCUT2D eigenvalue weighted by Crippen LogP contribution is 2.26. The van der Waals surface area contributed by atoms with E-state index in [0.29, 0.717) is 11.4 Å². The maximum Gasteiger partial charge on any atom is 0.242 e. The molecule has 0 aliphatic rings. The highest BCUT2D eigenvalue weighted by Gasteiger charge is 2.15. The zero-order valence-electron chi connectivity index (χ0n) is 11.6. The zero-order chi connectivity index (χ0) is 15.6. The summed E-state index contributed by atoms with van der Waals surface area (Å²) in [6.07, 6.45) is 0. The first kappa shape index (κ1) is 15.3. The van der Waals surface area contributed by atoms with Crippen LogP contribution < -0.4 is 15.8 Å². The van der Waals surface area contributed by atoms with Gasteiger partial charge in [0.05, 0.1) is 11.4 Å². The molecule has 0 bridgehead atoms. The quantitative estimate of drug-likeness (QED) is 0.757. The number of nitrogen functional groups attached to an aromatic ring is 1. The fourth-order valence-corrected chi connectivity index (χ4v) is 2.71. The Balaban J connectivity index is 2.35. The van der Waals surface area contributed by atoms with Gasteiger partial charge in [0.1, 0.15) is 10.7 Å². The van der Waals surface area contributed by atoms with Crippen LogP contribution in [0.2, 0.25) is 0 Å². The fraction of sp³-hybridized carbons (Fsp3) is 0.143. The number of nitrogens with one attached hydrogen (secondary N) is 2. The van der Waals surface area contributed by atoms with E-state index in [1.54, 1.807) is 12.1 Å². The van der Waals surface area contributed by atoms with Gasteiger partial charge in [-0.2, -0.15) is 0 Å². The predicted octanol–water partition coefficient (Wildman–Crippen LogP) is 2.37. The van der Waals surface area contributed by atoms with E-state index in [0.717, 1.165) is 5.56 Å². The topological polar surface area (TPSA) is 84.2 Å². The summed E-state index contributed by atoms with van der Waals surface area (Å²) in [5.41, 5.74) is 7.55. The van der Waals surface area contributed by atoms with Crippen LogP contribution in [0.4, 0.5) is 21.5 Å². The Kier molecular flexibility index (Phi) is 4.15. The van der Waals surface area contributed by atoms with Crippen molar-refractivity contribution < 1.29 is 12.8 Å². The number of aryl methyl sites for hydroxylation is 1. The fourth-order valence-electron chi connectivity index (χ4n) is 1.87. The molecular formula is C14H16FN3O2S. The number of halogens is 1. The van der Waals surface area contributed by atoms with Crippen LogP contribution in [-0.4, -0.2) is 15.5 Å². The van der Waals surface area contributed by atoms with E-state index in [2.05, 4.69) is 10.0 Å². The third kappa shape index (κ3) is 3.32. The van der Waals surface area contributed by atoms with Crippen molar-refractivity contribution in [3.8, 4) is 0 Å². The van der Waals surface area contributed by atoms with E-state index in [1.165, 1.54) is 31.3 Å². The van der Waals surface area contributed by atoms with E-state index in [-0.39, 0.29) is 10.6 Å². The summed E-state index contributed by atoms with van der Waals surface area (Å²) in [7, 11) is -2.30. The standard InChI is InChI=1S/C14H16FN3O2S/c1-9-3-5-11(15)13(7-9)18-10-4-6-14(12(16)8-10)21(19,20)17-2/h3-8,17-18H,16H2,1-2H3. The number of hydrogen-bond donors (Lipinski definition) is 3. The molecule has 5 nitrogen and oxygen atoms in total. The Morgan fingerprint density at radius 3 is 2.48 bits per heavy atom. The molecule has 2 aromatic rings. The van der Waals surface area contributed by atoms with Crippen molar-refractivity contribution in [3.05, 3.63) is 47.8 Å². The van der Waals surface area contributed by atoms with Crippen LogP contribution in [-0.2, 0) is 10.0 Å². The van der Waals surface area contributed by atoms with Crippen molar-refractivity contribution in [3.63, 3.8) is 0 Å². The molecule has 4 N–H and O–H groups in total. The van der Waals surface area contributed by atoms with Crippen LogP contribution in [0, 0.1) is 12.7 Å². The van der Waals surface area contributed by atoms with Crippen LogP contribution in [0.15, 0.2) is 41.3 Å². The van der Waals surface area contributed by atoms with Crippen LogP contribution in [0.3, 0.4) is 0 Å². The summed E-state index contributed by atoms with van der Waals surface area (Å²) >= 11 is 0. The molecule has 0 heterocycles. The molecule has 7 heteroatoms. The minimum absolute atomic E-state index is 0.0136. The molecular weight excluding hydrogens is 293 g/mol. The molecule has 0 fully saturated rings. The molecule has 21 heavy (non-hydrogen) atoms. The van der Waals surface area contributed by atoms with Crippen molar-refractivity contribution >= 4 is 27.1 Å². The Hall–Kier alpha value is -2.12. The molecule has 2 aromatic carbocycles. The maximum atomic E-state index is 13.7. The van der Waals surface area contributed by atoms with Gasteiger partial charge in [-0.05, 0) is 49.9 Å². The molecule has 0 saturated heterocycles. The minimum Gasteiger partial charge on any atom is -0.398 e. The first-order valence-corrected chi connectivity index (χ1v) is 7.68. The molecule has 0 atom stereocenters. The molecule has 2 rings (SSSR count). The smallest absolute Gasteiger partial charge is 0.242 e. The first-order valence-electron chi connectivity index (χ1n) is 6.20. The lowest BCUT2D eigenvalue weighted by Crippen LogP contribution is -2.19. The number of sulfonamides is 1. The molecule has 0 saturated carbocycles. The summed E-state index contributed by atoms with van der Waals surface area (Å²) in [5.74, 6) is -0.397. The average molecular weight is 309 g/mol. The van der Waals surface area contributed by atoms with Crippen LogP contribution in [0.5, 0.6) is 0 Å². The van der Waals surface area contributed by atoms with Crippen molar-refractivity contribution in [2.75, 3.05) is 18.1 Å². The second kappa shape index (κ2) is 5.71. The number of nitrogens with two attached hydrogens (primary N) is 1. The van der Waals surface area contributed by atoms with Crippen molar-refractivity contribution in [2.45, 2.75) is 11.8 Å². The van der Waals surface area contributed by atoms with Crippen LogP contribution in [0.25, 0.3) is 0 Å². The van der Waals surface area contributed by atoms with E-state index < -0.39 is 15.8 Å². The molecule has 0 aliphatic carbocycles. The van der Waals surface area contributed by atoms with Gasteiger partial charge < -0.3 is 11.1 Å². The number of hydrogen-bond acceptors (Lipinski definition) is 4. The Bertz CT molecular complexity index is 776. The van der Waals surface area contributed by atoms with Gasteiger partial charge in [0.2, 0.25) is 10.0 Å². The second-order valence-corrected chi connectivity index (χ2v) is 6.42. The Morgan fingerprint density at radius 1 is 1.14 bits per heavy atom. The lowest BCUT2D eigenvalue weighted by atomic mass is 10.2. The lowest BCUT2D eigenvalue weighted by Gasteiger charge is -2.11. The summed E-state index contributed by atoms with van der Waals surface area (Å²) in [5, 5.41) is 2.88. The number of benzene rings is 2. The SMILES string of the molecule is CNS(=O)(=O)c1ccc(Nc2cc(C)ccc2F)cc1N. The average Bonchev–Trinajstić information content (AvgIpc) is 2.43. The largest absolute Gasteiger partial charge is 0.398 e. The Morgan fingerprint density at radius 2 is 1.86 bits per heavy atom. The first-order chi connectivity index (χ1) is 9.83. The molecule has 0 aliphatic heterocycles. The van der Waals surface area contributed by atoms with Crippen LogP contribution >= 0.6 is 0 Å². The maximum absolute atomic E-state index is 13.7. The number of anilines is 3. The zero-order valence-corrected chi connectivity index (χ0v) is 12.5. The molecule has 0 aromatic heterocycles. The van der Waals surface area contributed by atoms with Crippen LogP contribution in [0.1, 0.15) is 5.56 Å². The van der Waals surface area contributed by atoms with Gasteiger partial charge in [-0.15, -0.1) is 0 Å². The van der Waals surface area contributed by atoms with Gasteiger partial charge in [0.25, 0.3) is 0 Å². The predicted molar refractivity (Wildman–Crippen MR) is 81.5 cm³/mol. The van der Waals surface area contributed by atoms with E-state index in [1.807, 2.05) is 6.92 Å². The van der Waals surface area contributed by atoms with Crippen molar-refractivity contribution in [2.24, 2.45) is 0 Å². The third-order valence-electron chi connectivity index (χ3n) is 2.97. The van der Waals surface area contributed by atoms with Gasteiger partial charge in [-0.25, -0.2) is 17.5 Å². The highest BCUT2D eigenvalue weighted by molar-refractivity contribution is 7.89. The van der Waals surface area contributed by atoms with Gasteiger partial charge >= 0.3 is 0 Å². The highest BCUT2D eigenvalue weighted by atomic mass is 32.2. The van der Waals surface area contributed by atoms with E-state index in [9.17, 15) is 12.8 Å². The molecule has 0 spiro atoms. The molecule has 0 radical (unpaired) electrons. The van der Waals surface area contributed by atoms with Gasteiger partial charge in [0, 0.05) is 5.69 Å². The normalized spacial score (nSPS) is 11.4. The molecule has 112 valence electrons. The summed E-state index contributed by atoms with van der Waals surface area (Å²) < 4.78 is 39.3. The summed E-state index contributed by atoms with van der Waals surface area (Å²) in [6, 6.07) is 9.04. The summed E-state index contributed by atoms with van der Waals surface area (Å²) in [6.45, 7) is 1.85. The van der Waals surface area contributed by atoms with Crippen molar-refractivity contribution in [1.29, 1.82) is 0 Å². The minimum atomic E-state index is -3.61. The number of rotatable bonds is 4. The van der Waals surface area contributed by atoms with Crippen molar-refractivity contribution in [1.82, 2.24) is 4.72 Å². The third-order valence-corrected chi connectivity index (χ3v) is 4.46.